The van der Waals surface area contributed by atoms with Crippen LogP contribution in [0, 0.1) is 0 Å². The summed E-state index contributed by atoms with van der Waals surface area (Å²) in [5.41, 5.74) is 7.29. The summed E-state index contributed by atoms with van der Waals surface area (Å²) in [5, 5.41) is 12.6. The predicted octanol–water partition coefficient (Wildman–Crippen LogP) is -4.36. The zero-order valence-electron chi connectivity index (χ0n) is 14.7. The van der Waals surface area contributed by atoms with Crippen molar-refractivity contribution in [3.63, 3.8) is 0 Å². The smallest absolute Gasteiger partial charge is 0.330 e. The Morgan fingerprint density at radius 1 is 1.23 bits per heavy atom. The van der Waals surface area contributed by atoms with Gasteiger partial charge in [0.1, 0.15) is 6.23 Å². The van der Waals surface area contributed by atoms with E-state index in [0.29, 0.717) is 0 Å². The Kier molecular flexibility index (Phi) is 9.50. The molecule has 3 atom stereocenters. The maximum absolute atomic E-state index is 11.5. The monoisotopic (exact) mass is 506 g/mol. The molecule has 0 aliphatic carbocycles. The SMILES string of the molecule is O=P([O-])([O-])OP(=O)([O-])OP(=O)([O-])[O-].[N-]=[N+]=N[C@H]1C[C@H](n2ccc(=O)[nH]c2=O)O[C@@H]1CO. The van der Waals surface area contributed by atoms with Crippen LogP contribution >= 0.6 is 23.5 Å². The molecule has 1 aromatic rings. The van der Waals surface area contributed by atoms with E-state index in [-0.39, 0.29) is 13.0 Å². The molecule has 0 aromatic carbocycles. The lowest BCUT2D eigenvalue weighted by Gasteiger charge is -2.40. The molecule has 0 bridgehead atoms. The number of nitrogens with zero attached hydrogens (tertiary/aromatic N) is 4. The van der Waals surface area contributed by atoms with E-state index in [2.05, 4.69) is 23.6 Å². The lowest BCUT2D eigenvalue weighted by molar-refractivity contribution is -0.345. The lowest BCUT2D eigenvalue weighted by Crippen LogP contribution is -2.31. The second-order valence-electron chi connectivity index (χ2n) is 5.34. The highest BCUT2D eigenvalue weighted by molar-refractivity contribution is 7.64. The second-order valence-corrected chi connectivity index (χ2v) is 9.33. The number of aromatic amines is 1. The summed E-state index contributed by atoms with van der Waals surface area (Å²) in [7, 11) is -17.9. The van der Waals surface area contributed by atoms with Gasteiger partial charge in [-0.15, -0.1) is 0 Å². The fraction of sp³-hybridized carbons (Fsp3) is 0.556. The van der Waals surface area contributed by atoms with Crippen LogP contribution in [-0.4, -0.2) is 33.4 Å². The summed E-state index contributed by atoms with van der Waals surface area (Å²) >= 11 is 0. The predicted molar refractivity (Wildman–Crippen MR) is 84.9 cm³/mol. The topological polar surface area (TPSA) is 318 Å². The van der Waals surface area contributed by atoms with Gasteiger partial charge in [0.05, 0.1) is 34.4 Å². The molecular formula is C9H11N5O14P3-5. The minimum absolute atomic E-state index is 0.265. The van der Waals surface area contributed by atoms with Crippen LogP contribution in [0.25, 0.3) is 10.4 Å². The molecule has 31 heavy (non-hydrogen) atoms. The van der Waals surface area contributed by atoms with E-state index in [9.17, 15) is 47.8 Å². The van der Waals surface area contributed by atoms with Crippen molar-refractivity contribution in [3.8, 4) is 0 Å². The van der Waals surface area contributed by atoms with E-state index in [1.165, 1.54) is 16.8 Å². The molecule has 2 rings (SSSR count). The molecule has 1 saturated heterocycles. The average Bonchev–Trinajstić information content (AvgIpc) is 2.93. The third-order valence-corrected chi connectivity index (χ3v) is 6.35. The fourth-order valence-corrected chi connectivity index (χ4v) is 4.50. The van der Waals surface area contributed by atoms with Crippen LogP contribution < -0.4 is 35.7 Å². The first-order valence-corrected chi connectivity index (χ1v) is 11.8. The number of nitrogens with one attached hydrogen (secondary N) is 1. The van der Waals surface area contributed by atoms with Gasteiger partial charge in [-0.25, -0.2) is 4.79 Å². The van der Waals surface area contributed by atoms with Crippen molar-refractivity contribution in [2.75, 3.05) is 6.61 Å². The molecule has 0 spiro atoms. The van der Waals surface area contributed by atoms with Gasteiger partial charge >= 0.3 is 5.69 Å². The number of phosphoric acid groups is 3. The average molecular weight is 506 g/mol. The van der Waals surface area contributed by atoms with E-state index in [4.69, 9.17) is 15.4 Å². The van der Waals surface area contributed by atoms with E-state index in [0.717, 1.165) is 0 Å². The van der Waals surface area contributed by atoms with Crippen LogP contribution in [-0.2, 0) is 27.1 Å². The van der Waals surface area contributed by atoms with Crippen molar-refractivity contribution in [2.24, 2.45) is 5.11 Å². The molecule has 0 unspecified atom stereocenters. The first-order chi connectivity index (χ1) is 14.1. The third-order valence-electron chi connectivity index (χ3n) is 3.15. The number of aromatic nitrogens is 2. The third kappa shape index (κ3) is 9.99. The molecule has 0 amide bonds. The summed E-state index contributed by atoms with van der Waals surface area (Å²) in [6.07, 6.45) is 0.256. The Morgan fingerprint density at radius 2 is 1.77 bits per heavy atom. The van der Waals surface area contributed by atoms with Crippen LogP contribution in [0.1, 0.15) is 12.6 Å². The fourth-order valence-electron chi connectivity index (χ4n) is 2.15. The minimum Gasteiger partial charge on any atom is -0.790 e. The number of azide groups is 1. The number of H-pyrrole nitrogens is 1. The first-order valence-electron chi connectivity index (χ1n) is 7.47. The zero-order valence-corrected chi connectivity index (χ0v) is 17.4. The summed E-state index contributed by atoms with van der Waals surface area (Å²) in [5.74, 6) is 0. The summed E-state index contributed by atoms with van der Waals surface area (Å²) in [6.45, 7) is -0.307. The summed E-state index contributed by atoms with van der Waals surface area (Å²) in [6, 6.07) is 0.656. The van der Waals surface area contributed by atoms with E-state index in [1.54, 1.807) is 0 Å². The van der Waals surface area contributed by atoms with Gasteiger partial charge in [-0.1, -0.05) is 5.11 Å². The van der Waals surface area contributed by atoms with Crippen LogP contribution in [0.15, 0.2) is 27.0 Å². The van der Waals surface area contributed by atoms with Gasteiger partial charge in [0.15, 0.2) is 0 Å². The Balaban J connectivity index is 0.000000330. The van der Waals surface area contributed by atoms with Crippen LogP contribution in [0.3, 0.4) is 0 Å². The van der Waals surface area contributed by atoms with Crippen LogP contribution in [0.4, 0.5) is 0 Å². The number of hydrogen-bond acceptors (Lipinski definition) is 15. The number of ether oxygens (including phenoxy) is 1. The van der Waals surface area contributed by atoms with Gasteiger partial charge in [-0.05, 0) is 5.53 Å². The second kappa shape index (κ2) is 10.8. The molecule has 2 N–H and O–H groups in total. The van der Waals surface area contributed by atoms with Gasteiger partial charge < -0.3 is 43.4 Å². The molecule has 1 aromatic heterocycles. The van der Waals surface area contributed by atoms with Gasteiger partial charge in [-0.2, -0.15) is 0 Å². The Morgan fingerprint density at radius 3 is 2.19 bits per heavy atom. The number of hydrogen-bond donors (Lipinski definition) is 2. The Bertz CT molecular complexity index is 1040. The van der Waals surface area contributed by atoms with Gasteiger partial charge in [-0.3, -0.25) is 27.5 Å². The summed E-state index contributed by atoms with van der Waals surface area (Å²) in [4.78, 5) is 75.9. The molecule has 0 saturated carbocycles. The highest BCUT2D eigenvalue weighted by atomic mass is 31.3. The lowest BCUT2D eigenvalue weighted by atomic mass is 10.1. The molecule has 22 heteroatoms. The molecule has 1 fully saturated rings. The maximum Gasteiger partial charge on any atom is 0.330 e. The molecule has 19 nitrogen and oxygen atoms in total. The highest BCUT2D eigenvalue weighted by Gasteiger charge is 2.35. The van der Waals surface area contributed by atoms with Gasteiger partial charge in [0.2, 0.25) is 0 Å². The van der Waals surface area contributed by atoms with Crippen LogP contribution in [0.2, 0.25) is 0 Å². The van der Waals surface area contributed by atoms with Crippen molar-refractivity contribution in [2.45, 2.75) is 24.8 Å². The molecule has 176 valence electrons. The highest BCUT2D eigenvalue weighted by Crippen LogP contribution is 2.57. The van der Waals surface area contributed by atoms with Crippen molar-refractivity contribution in [1.29, 1.82) is 0 Å². The molecule has 2 heterocycles. The van der Waals surface area contributed by atoms with Crippen molar-refractivity contribution >= 4 is 23.5 Å². The zero-order chi connectivity index (χ0) is 24.0. The van der Waals surface area contributed by atoms with Crippen molar-refractivity contribution in [3.05, 3.63) is 43.5 Å². The standard InChI is InChI=1S/C9H11N5O4.H5O10P3/c10-13-12-5-3-8(18-6(5)4-15)14-2-1-7(16)11-9(14)17;1-11(2,3)9-13(7,8)10-12(4,5)6/h1-2,5-6,8,15H,3-4H2,(H,11,16,17);(H,7,8)(H2,1,2,3)(H2,4,5,6)/p-5/t5-,6+,8+;/m0./s1. The first kappa shape index (κ1) is 27.4. The molecule has 0 radical (unpaired) electrons. The normalized spacial score (nSPS) is 21.7. The van der Waals surface area contributed by atoms with E-state index in [1.807, 2.05) is 0 Å². The van der Waals surface area contributed by atoms with E-state index < -0.39 is 53.1 Å². The largest absolute Gasteiger partial charge is 0.790 e. The van der Waals surface area contributed by atoms with Gasteiger partial charge in [0.25, 0.3) is 13.4 Å². The molecule has 1 aliphatic rings. The minimum atomic E-state index is -5.97. The molecule has 1 aliphatic heterocycles. The maximum atomic E-state index is 11.5. The number of aliphatic hydroxyl groups excluding tert-OH is 1. The number of aliphatic hydroxyl groups is 1. The van der Waals surface area contributed by atoms with Crippen molar-refractivity contribution < 1.29 is 56.6 Å². The Labute approximate surface area is 170 Å². The summed E-state index contributed by atoms with van der Waals surface area (Å²) < 4.78 is 41.3. The molecular weight excluding hydrogens is 495 g/mol. The quantitative estimate of drug-likeness (QED) is 0.153. The van der Waals surface area contributed by atoms with Crippen molar-refractivity contribution in [1.82, 2.24) is 9.55 Å². The van der Waals surface area contributed by atoms with E-state index >= 15 is 0 Å². The Hall–Kier alpha value is -1.68. The van der Waals surface area contributed by atoms with Gasteiger partial charge in [0, 0.05) is 23.6 Å². The van der Waals surface area contributed by atoms with Crippen LogP contribution in [0.5, 0.6) is 0 Å². The number of rotatable bonds is 7.